The Kier molecular flexibility index (Phi) is 3.25. The zero-order valence-electron chi connectivity index (χ0n) is 9.38. The van der Waals surface area contributed by atoms with Crippen LogP contribution in [0.4, 0.5) is 4.39 Å². The molecule has 16 heavy (non-hydrogen) atoms. The zero-order valence-corrected chi connectivity index (χ0v) is 10.2. The lowest BCUT2D eigenvalue weighted by molar-refractivity contribution is -0.0754. The van der Waals surface area contributed by atoms with Gasteiger partial charge in [0.05, 0.1) is 7.11 Å². The second-order valence-corrected chi connectivity index (χ2v) is 4.83. The summed E-state index contributed by atoms with van der Waals surface area (Å²) in [4.78, 5) is 17.2. The van der Waals surface area contributed by atoms with Crippen molar-refractivity contribution in [2.45, 2.75) is 25.7 Å². The first kappa shape index (κ1) is 11.5. The molecular weight excluding hydrogens is 229 g/mol. The van der Waals surface area contributed by atoms with E-state index in [-0.39, 0.29) is 11.0 Å². The van der Waals surface area contributed by atoms with Crippen molar-refractivity contribution >= 4 is 17.2 Å². The van der Waals surface area contributed by atoms with Crippen LogP contribution in [0, 0.1) is 5.13 Å². The molecule has 0 radical (unpaired) electrons. The SMILES string of the molecule is CON(C)C(=O)c1sc(F)c2c1CCCC2. The highest BCUT2D eigenvalue weighted by atomic mass is 32.1. The number of nitrogens with zero attached hydrogens (tertiary/aromatic N) is 1. The topological polar surface area (TPSA) is 29.5 Å². The summed E-state index contributed by atoms with van der Waals surface area (Å²) in [5.74, 6) is -0.255. The summed E-state index contributed by atoms with van der Waals surface area (Å²) >= 11 is 0.944. The number of fused-ring (bicyclic) bond motifs is 1. The zero-order chi connectivity index (χ0) is 11.7. The van der Waals surface area contributed by atoms with E-state index in [2.05, 4.69) is 0 Å². The summed E-state index contributed by atoms with van der Waals surface area (Å²) in [5.41, 5.74) is 1.63. The van der Waals surface area contributed by atoms with E-state index >= 15 is 0 Å². The summed E-state index contributed by atoms with van der Waals surface area (Å²) in [6, 6.07) is 0. The number of amides is 1. The second kappa shape index (κ2) is 4.51. The summed E-state index contributed by atoms with van der Waals surface area (Å²) in [7, 11) is 2.96. The van der Waals surface area contributed by atoms with Crippen LogP contribution in [-0.2, 0) is 17.7 Å². The van der Waals surface area contributed by atoms with Crippen molar-refractivity contribution in [3.63, 3.8) is 0 Å². The number of hydrogen-bond donors (Lipinski definition) is 0. The third-order valence-electron chi connectivity index (χ3n) is 2.92. The molecule has 0 N–H and O–H groups in total. The monoisotopic (exact) mass is 243 g/mol. The molecule has 0 aromatic carbocycles. The minimum atomic E-state index is -0.255. The van der Waals surface area contributed by atoms with E-state index in [0.29, 0.717) is 4.88 Å². The molecule has 1 amide bonds. The van der Waals surface area contributed by atoms with E-state index in [9.17, 15) is 9.18 Å². The fourth-order valence-corrected chi connectivity index (χ4v) is 3.08. The maximum absolute atomic E-state index is 13.6. The number of hydroxylamine groups is 2. The molecule has 3 nitrogen and oxygen atoms in total. The maximum atomic E-state index is 13.6. The predicted molar refractivity (Wildman–Crippen MR) is 60.0 cm³/mol. The summed E-state index contributed by atoms with van der Waals surface area (Å²) in [5, 5.41) is 0.933. The van der Waals surface area contributed by atoms with Crippen molar-refractivity contribution in [3.8, 4) is 0 Å². The van der Waals surface area contributed by atoms with Gasteiger partial charge < -0.3 is 0 Å². The van der Waals surface area contributed by atoms with Crippen LogP contribution in [-0.4, -0.2) is 25.1 Å². The number of carbonyl (C=O) groups excluding carboxylic acids is 1. The smallest absolute Gasteiger partial charge is 0.274 e. The van der Waals surface area contributed by atoms with Crippen LogP contribution in [0.2, 0.25) is 0 Å². The highest BCUT2D eigenvalue weighted by Gasteiger charge is 2.26. The van der Waals surface area contributed by atoms with Crippen molar-refractivity contribution in [1.82, 2.24) is 5.06 Å². The number of carbonyl (C=O) groups is 1. The van der Waals surface area contributed by atoms with E-state index in [1.165, 1.54) is 14.2 Å². The van der Waals surface area contributed by atoms with Crippen molar-refractivity contribution in [2.75, 3.05) is 14.2 Å². The molecule has 0 fully saturated rings. The van der Waals surface area contributed by atoms with E-state index in [4.69, 9.17) is 4.84 Å². The van der Waals surface area contributed by atoms with Crippen LogP contribution in [0.15, 0.2) is 0 Å². The first-order valence-corrected chi connectivity index (χ1v) is 6.09. The van der Waals surface area contributed by atoms with Gasteiger partial charge in [0, 0.05) is 12.6 Å². The molecule has 1 aliphatic carbocycles. The summed E-state index contributed by atoms with van der Waals surface area (Å²) in [6.07, 6.45) is 3.59. The van der Waals surface area contributed by atoms with Crippen molar-refractivity contribution in [1.29, 1.82) is 0 Å². The van der Waals surface area contributed by atoms with Crippen molar-refractivity contribution in [3.05, 3.63) is 21.1 Å². The molecule has 5 heteroatoms. The first-order chi connectivity index (χ1) is 7.65. The fraction of sp³-hybridized carbons (Fsp3) is 0.545. The highest BCUT2D eigenvalue weighted by Crippen LogP contribution is 2.33. The normalized spacial score (nSPS) is 14.7. The fourth-order valence-electron chi connectivity index (χ4n) is 1.98. The van der Waals surface area contributed by atoms with Gasteiger partial charge >= 0.3 is 0 Å². The van der Waals surface area contributed by atoms with Crippen LogP contribution < -0.4 is 0 Å². The summed E-state index contributed by atoms with van der Waals surface area (Å²) in [6.45, 7) is 0. The van der Waals surface area contributed by atoms with E-state index in [1.54, 1.807) is 0 Å². The van der Waals surface area contributed by atoms with Gasteiger partial charge in [-0.15, -0.1) is 11.3 Å². The molecule has 0 aliphatic heterocycles. The number of hydrogen-bond acceptors (Lipinski definition) is 3. The Morgan fingerprint density at radius 1 is 1.38 bits per heavy atom. The molecule has 0 bridgehead atoms. The van der Waals surface area contributed by atoms with Crippen LogP contribution >= 0.6 is 11.3 Å². The second-order valence-electron chi connectivity index (χ2n) is 3.85. The number of thiophene rings is 1. The minimum Gasteiger partial charge on any atom is -0.274 e. The van der Waals surface area contributed by atoms with Crippen LogP contribution in [0.25, 0.3) is 0 Å². The van der Waals surface area contributed by atoms with Gasteiger partial charge in [-0.3, -0.25) is 9.63 Å². The molecule has 0 spiro atoms. The van der Waals surface area contributed by atoms with Gasteiger partial charge in [-0.05, 0) is 31.2 Å². The minimum absolute atomic E-state index is 0.206. The molecule has 2 rings (SSSR count). The van der Waals surface area contributed by atoms with Gasteiger partial charge in [0.15, 0.2) is 5.13 Å². The third-order valence-corrected chi connectivity index (χ3v) is 3.98. The summed E-state index contributed by atoms with van der Waals surface area (Å²) < 4.78 is 13.6. The molecule has 88 valence electrons. The van der Waals surface area contributed by atoms with Gasteiger partial charge in [-0.25, -0.2) is 5.06 Å². The van der Waals surface area contributed by atoms with E-state index in [0.717, 1.165) is 53.2 Å². The predicted octanol–water partition coefficient (Wildman–Crippen LogP) is 2.40. The molecular formula is C11H14FNO2S. The molecule has 0 saturated heterocycles. The van der Waals surface area contributed by atoms with E-state index < -0.39 is 0 Å². The first-order valence-electron chi connectivity index (χ1n) is 5.27. The molecule has 1 aromatic heterocycles. The maximum Gasteiger partial charge on any atom is 0.287 e. The Bertz CT molecular complexity index is 416. The largest absolute Gasteiger partial charge is 0.287 e. The van der Waals surface area contributed by atoms with E-state index in [1.807, 2.05) is 0 Å². The Morgan fingerprint density at radius 3 is 2.62 bits per heavy atom. The standard InChI is InChI=1S/C11H14FNO2S/c1-13(15-2)11(14)9-7-5-3-4-6-8(7)10(12)16-9/h3-6H2,1-2H3. The van der Waals surface area contributed by atoms with Gasteiger partial charge in [0.1, 0.15) is 4.88 Å². The Hall–Kier alpha value is -0.940. The van der Waals surface area contributed by atoms with Gasteiger partial charge in [0.25, 0.3) is 5.91 Å². The van der Waals surface area contributed by atoms with Gasteiger partial charge in [0.2, 0.25) is 0 Å². The average Bonchev–Trinajstić information content (AvgIpc) is 2.65. The number of rotatable bonds is 2. The molecule has 0 saturated carbocycles. The molecule has 0 unspecified atom stereocenters. The van der Waals surface area contributed by atoms with Crippen molar-refractivity contribution in [2.24, 2.45) is 0 Å². The molecule has 1 aliphatic rings. The highest BCUT2D eigenvalue weighted by molar-refractivity contribution is 7.12. The lowest BCUT2D eigenvalue weighted by Crippen LogP contribution is -2.25. The van der Waals surface area contributed by atoms with Crippen LogP contribution in [0.5, 0.6) is 0 Å². The number of halogens is 1. The lowest BCUT2D eigenvalue weighted by atomic mass is 9.93. The van der Waals surface area contributed by atoms with Crippen LogP contribution in [0.3, 0.4) is 0 Å². The Morgan fingerprint density at radius 2 is 2.00 bits per heavy atom. The lowest BCUT2D eigenvalue weighted by Gasteiger charge is -2.16. The van der Waals surface area contributed by atoms with Crippen molar-refractivity contribution < 1.29 is 14.0 Å². The molecule has 1 aromatic rings. The Balaban J connectivity index is 2.38. The third kappa shape index (κ3) is 1.85. The Labute approximate surface area is 97.8 Å². The van der Waals surface area contributed by atoms with Crippen LogP contribution in [0.1, 0.15) is 33.6 Å². The van der Waals surface area contributed by atoms with Gasteiger partial charge in [-0.1, -0.05) is 0 Å². The molecule has 1 heterocycles. The quantitative estimate of drug-likeness (QED) is 0.746. The molecule has 0 atom stereocenters. The van der Waals surface area contributed by atoms with Gasteiger partial charge in [-0.2, -0.15) is 4.39 Å². The average molecular weight is 243 g/mol.